The lowest BCUT2D eigenvalue weighted by molar-refractivity contribution is -0.739. The van der Waals surface area contributed by atoms with Gasteiger partial charge < -0.3 is 14.8 Å². The maximum atomic E-state index is 12.1. The van der Waals surface area contributed by atoms with Crippen LogP contribution in [0.3, 0.4) is 0 Å². The highest BCUT2D eigenvalue weighted by atomic mass is 32.2. The molecule has 0 radical (unpaired) electrons. The lowest BCUT2D eigenvalue weighted by Gasteiger charge is -2.24. The molecule has 0 aliphatic carbocycles. The van der Waals surface area contributed by atoms with Gasteiger partial charge in [-0.25, -0.2) is 8.68 Å². The fourth-order valence-electron chi connectivity index (χ4n) is 3.69. The normalized spacial score (nSPS) is 13.1. The molecule has 8 nitrogen and oxygen atoms in total. The van der Waals surface area contributed by atoms with Gasteiger partial charge in [0.1, 0.15) is 12.7 Å². The molecular formula is C26H56N3O5S+. The smallest absolute Gasteiger partial charge is 0.407 e. The van der Waals surface area contributed by atoms with Gasteiger partial charge >= 0.3 is 16.3 Å². The summed E-state index contributed by atoms with van der Waals surface area (Å²) < 4.78 is 36.8. The van der Waals surface area contributed by atoms with Crippen molar-refractivity contribution >= 4 is 16.3 Å². The van der Waals surface area contributed by atoms with E-state index < -0.39 is 22.4 Å². The number of rotatable bonds is 24. The number of carbonyl (C=O) groups excluding carboxylic acids is 1. The third-order valence-electron chi connectivity index (χ3n) is 6.25. The van der Waals surface area contributed by atoms with Crippen molar-refractivity contribution in [3.05, 3.63) is 0 Å². The van der Waals surface area contributed by atoms with E-state index in [2.05, 4.69) is 17.0 Å². The van der Waals surface area contributed by atoms with Crippen LogP contribution in [0, 0.1) is 0 Å². The molecule has 0 heterocycles. The molecule has 2 N–H and O–H groups in total. The molecule has 0 aliphatic rings. The van der Waals surface area contributed by atoms with Gasteiger partial charge in [0.2, 0.25) is 0 Å². The average Bonchev–Trinajstić information content (AvgIpc) is 2.80. The molecule has 9 heteroatoms. The minimum Gasteiger partial charge on any atom is -0.447 e. The molecule has 0 aromatic carbocycles. The Morgan fingerprint density at radius 2 is 1.20 bits per heavy atom. The molecule has 210 valence electrons. The second-order valence-electron chi connectivity index (χ2n) is 10.4. The fraction of sp³-hybridized carbons (Fsp3) is 0.962. The third kappa shape index (κ3) is 19.9. The largest absolute Gasteiger partial charge is 0.447 e. The van der Waals surface area contributed by atoms with Gasteiger partial charge in [0.15, 0.2) is 0 Å². The predicted molar refractivity (Wildman–Crippen MR) is 145 cm³/mol. The van der Waals surface area contributed by atoms with Gasteiger partial charge in [-0.1, -0.05) is 103 Å². The first-order chi connectivity index (χ1) is 16.6. The Bertz CT molecular complexity index is 609. The Kier molecular flexibility index (Phi) is 20.7. The van der Waals surface area contributed by atoms with Crippen LogP contribution in [0.5, 0.6) is 0 Å². The van der Waals surface area contributed by atoms with Crippen molar-refractivity contribution < 1.29 is 26.6 Å². The van der Waals surface area contributed by atoms with Crippen LogP contribution in [0.25, 0.3) is 0 Å². The zero-order valence-corrected chi connectivity index (χ0v) is 24.2. The molecule has 0 saturated carbocycles. The molecule has 0 aromatic heterocycles. The lowest BCUT2D eigenvalue weighted by atomic mass is 10.0. The Morgan fingerprint density at radius 3 is 1.60 bits per heavy atom. The number of nitrogens with one attached hydrogen (secondary N) is 2. The van der Waals surface area contributed by atoms with Crippen LogP contribution in [0.4, 0.5) is 4.79 Å². The van der Waals surface area contributed by atoms with Crippen LogP contribution >= 0.6 is 0 Å². The number of amides is 1. The van der Waals surface area contributed by atoms with Crippen LogP contribution in [0.2, 0.25) is 0 Å². The number of alkyl carbamates (subject to hydrolysis) is 1. The first kappa shape index (κ1) is 34.1. The van der Waals surface area contributed by atoms with Crippen molar-refractivity contribution in [3.63, 3.8) is 0 Å². The number of quaternary nitrogens is 1. The van der Waals surface area contributed by atoms with Crippen molar-refractivity contribution in [1.82, 2.24) is 10.0 Å². The van der Waals surface area contributed by atoms with Gasteiger partial charge in [-0.05, 0) is 6.42 Å². The summed E-state index contributed by atoms with van der Waals surface area (Å²) in [6, 6.07) is 0. The summed E-state index contributed by atoms with van der Waals surface area (Å²) >= 11 is 0. The molecule has 0 aliphatic heterocycles. The number of ether oxygens (including phenoxy) is 2. The molecule has 1 atom stereocenters. The summed E-state index contributed by atoms with van der Waals surface area (Å²) in [7, 11) is 2.62. The number of hydrogen-bond acceptors (Lipinski definition) is 5. The Labute approximate surface area is 216 Å². The summed E-state index contributed by atoms with van der Waals surface area (Å²) in [5, 5.41) is 2.75. The summed E-state index contributed by atoms with van der Waals surface area (Å²) in [5.74, 6) is 0. The Morgan fingerprint density at radius 1 is 0.771 bits per heavy atom. The maximum absolute atomic E-state index is 12.1. The summed E-state index contributed by atoms with van der Waals surface area (Å²) in [4.78, 5) is 11.9. The van der Waals surface area contributed by atoms with Gasteiger partial charge in [-0.15, -0.1) is 0 Å². The predicted octanol–water partition coefficient (Wildman–Crippen LogP) is 5.53. The van der Waals surface area contributed by atoms with Crippen LogP contribution in [-0.2, 0) is 19.7 Å². The van der Waals surface area contributed by atoms with Gasteiger partial charge in [0, 0.05) is 20.2 Å². The van der Waals surface area contributed by atoms with E-state index >= 15 is 0 Å². The summed E-state index contributed by atoms with van der Waals surface area (Å²) in [6.45, 7) is 2.88. The van der Waals surface area contributed by atoms with Crippen molar-refractivity contribution in [2.45, 2.75) is 116 Å². The molecule has 35 heavy (non-hydrogen) atoms. The zero-order chi connectivity index (χ0) is 26.4. The number of unbranched alkanes of at least 4 members (excludes halogenated alkanes) is 15. The second-order valence-corrected chi connectivity index (χ2v) is 12.7. The first-order valence-electron chi connectivity index (χ1n) is 13.9. The van der Waals surface area contributed by atoms with Crippen LogP contribution in [0.1, 0.15) is 110 Å². The molecule has 0 spiro atoms. The van der Waals surface area contributed by atoms with Crippen molar-refractivity contribution in [1.29, 1.82) is 0 Å². The van der Waals surface area contributed by atoms with Gasteiger partial charge in [0.05, 0.1) is 21.1 Å². The molecule has 1 unspecified atom stereocenters. The maximum Gasteiger partial charge on any atom is 0.407 e. The molecule has 0 bridgehead atoms. The number of methoxy groups -OCH3 is 1. The number of carbonyl (C=O) groups is 1. The van der Waals surface area contributed by atoms with Gasteiger partial charge in [0.25, 0.3) is 0 Å². The summed E-state index contributed by atoms with van der Waals surface area (Å²) in [6.07, 6.45) is 20.0. The van der Waals surface area contributed by atoms with E-state index in [0.717, 1.165) is 12.8 Å². The second kappa shape index (κ2) is 21.2. The van der Waals surface area contributed by atoms with Crippen molar-refractivity contribution in [2.75, 3.05) is 47.9 Å². The molecular weight excluding hydrogens is 466 g/mol. The van der Waals surface area contributed by atoms with E-state index in [0.29, 0.717) is 6.54 Å². The van der Waals surface area contributed by atoms with E-state index in [-0.39, 0.29) is 17.0 Å². The lowest BCUT2D eigenvalue weighted by Crippen LogP contribution is -2.51. The van der Waals surface area contributed by atoms with E-state index in [1.54, 1.807) is 21.1 Å². The van der Waals surface area contributed by atoms with E-state index in [9.17, 15) is 13.2 Å². The zero-order valence-electron chi connectivity index (χ0n) is 23.4. The Balaban J connectivity index is 3.54. The standard InChI is InChI=1S/C26H55N3O5S/c1-6-7-8-9-10-11-12-13-14-15-16-17-18-19-20-21-22-27-26(30)34-24-25(33-5)23-28-35(31,32)29(2,3)4/h25,28H,6-24H2,1-5H3/p+1. The minimum absolute atomic E-state index is 0.0129. The molecule has 1 amide bonds. The highest BCUT2D eigenvalue weighted by Gasteiger charge is 2.28. The highest BCUT2D eigenvalue weighted by molar-refractivity contribution is 7.83. The number of hydrogen-bond donors (Lipinski definition) is 2. The van der Waals surface area contributed by atoms with Gasteiger partial charge in [-0.2, -0.15) is 13.1 Å². The van der Waals surface area contributed by atoms with E-state index in [1.165, 1.54) is 97.0 Å². The third-order valence-corrected chi connectivity index (χ3v) is 8.22. The molecule has 0 aromatic rings. The van der Waals surface area contributed by atoms with Crippen LogP contribution in [0.15, 0.2) is 0 Å². The molecule has 0 rings (SSSR count). The van der Waals surface area contributed by atoms with Crippen molar-refractivity contribution in [3.8, 4) is 0 Å². The van der Waals surface area contributed by atoms with E-state index in [1.807, 2.05) is 0 Å². The number of nitrogens with zero attached hydrogens (tertiary/aromatic N) is 1. The van der Waals surface area contributed by atoms with E-state index in [4.69, 9.17) is 9.47 Å². The summed E-state index contributed by atoms with van der Waals surface area (Å²) in [5.41, 5.74) is 0. The quantitative estimate of drug-likeness (QED) is 0.128. The molecule has 0 saturated heterocycles. The average molecular weight is 523 g/mol. The SMILES string of the molecule is CCCCCCCCCCCCCCCCCCNC(=O)OCC(CNS(=O)(=O)[N+](C)(C)C)OC. The Hall–Kier alpha value is -0.900. The van der Waals surface area contributed by atoms with Crippen molar-refractivity contribution in [2.24, 2.45) is 0 Å². The minimum atomic E-state index is -3.53. The van der Waals surface area contributed by atoms with Crippen LogP contribution in [-0.4, -0.2) is 72.5 Å². The topological polar surface area (TPSA) is 93.7 Å². The fourth-order valence-corrected chi connectivity index (χ4v) is 4.47. The van der Waals surface area contributed by atoms with Gasteiger partial charge in [-0.3, -0.25) is 0 Å². The highest BCUT2D eigenvalue weighted by Crippen LogP contribution is 2.13. The first-order valence-corrected chi connectivity index (χ1v) is 15.3. The molecule has 0 fully saturated rings. The monoisotopic (exact) mass is 522 g/mol. The van der Waals surface area contributed by atoms with Crippen LogP contribution < -0.4 is 10.0 Å².